The van der Waals surface area contributed by atoms with E-state index in [4.69, 9.17) is 5.73 Å². The van der Waals surface area contributed by atoms with E-state index < -0.39 is 0 Å². The normalized spacial score (nSPS) is 12.1. The average Bonchev–Trinajstić information content (AvgIpc) is 2.70. The number of nitrogens with one attached hydrogen (secondary N) is 1. The van der Waals surface area contributed by atoms with Gasteiger partial charge >= 0.3 is 0 Å². The molecule has 1 aromatic rings. The van der Waals surface area contributed by atoms with Gasteiger partial charge in [-0.15, -0.1) is 0 Å². The van der Waals surface area contributed by atoms with E-state index in [1.54, 1.807) is 6.20 Å². The fourth-order valence-electron chi connectivity index (χ4n) is 1.23. The number of guanidine groups is 1. The summed E-state index contributed by atoms with van der Waals surface area (Å²) in [5.41, 5.74) is 5.71. The van der Waals surface area contributed by atoms with Gasteiger partial charge in [0.25, 0.3) is 0 Å². The van der Waals surface area contributed by atoms with Crippen LogP contribution in [0.5, 0.6) is 0 Å². The maximum atomic E-state index is 5.71. The lowest BCUT2D eigenvalue weighted by atomic mass is 10.1. The molecule has 0 bridgehead atoms. The van der Waals surface area contributed by atoms with Crippen molar-refractivity contribution in [2.24, 2.45) is 16.6 Å². The first-order valence-electron chi connectivity index (χ1n) is 5.69. The van der Waals surface area contributed by atoms with Gasteiger partial charge in [0.2, 0.25) is 0 Å². The number of nitrogens with zero attached hydrogens (tertiary/aromatic N) is 3. The first-order valence-corrected chi connectivity index (χ1v) is 5.69. The zero-order chi connectivity index (χ0) is 11.8. The minimum atomic E-state index is 0.521. The molecule has 5 nitrogen and oxygen atoms in total. The van der Waals surface area contributed by atoms with Crippen molar-refractivity contribution in [1.29, 1.82) is 0 Å². The third-order valence-corrected chi connectivity index (χ3v) is 2.19. The number of aliphatic imine (C=N–C) groups is 1. The Hall–Kier alpha value is -1.52. The molecule has 0 atom stereocenters. The van der Waals surface area contributed by atoms with Crippen molar-refractivity contribution >= 4 is 5.96 Å². The van der Waals surface area contributed by atoms with Crippen molar-refractivity contribution in [3.05, 3.63) is 18.5 Å². The predicted molar refractivity (Wildman–Crippen MR) is 66.2 cm³/mol. The smallest absolute Gasteiger partial charge is 0.188 e. The molecule has 16 heavy (non-hydrogen) atoms. The highest BCUT2D eigenvalue weighted by atomic mass is 15.3. The Bertz CT molecular complexity index is 302. The van der Waals surface area contributed by atoms with Crippen LogP contribution >= 0.6 is 0 Å². The van der Waals surface area contributed by atoms with Gasteiger partial charge in [-0.25, -0.2) is 0 Å². The quantitative estimate of drug-likeness (QED) is 0.554. The van der Waals surface area contributed by atoms with Crippen LogP contribution in [-0.2, 0) is 6.54 Å². The molecule has 1 heterocycles. The first-order chi connectivity index (χ1) is 7.68. The van der Waals surface area contributed by atoms with Crippen molar-refractivity contribution in [1.82, 2.24) is 15.1 Å². The van der Waals surface area contributed by atoms with E-state index in [-0.39, 0.29) is 0 Å². The lowest BCUT2D eigenvalue weighted by Gasteiger charge is -2.06. The fraction of sp³-hybridized carbons (Fsp3) is 0.636. The Morgan fingerprint density at radius 1 is 1.56 bits per heavy atom. The van der Waals surface area contributed by atoms with Crippen LogP contribution in [-0.4, -0.2) is 28.8 Å². The van der Waals surface area contributed by atoms with Gasteiger partial charge in [-0.3, -0.25) is 9.67 Å². The third-order valence-electron chi connectivity index (χ3n) is 2.19. The summed E-state index contributed by atoms with van der Waals surface area (Å²) >= 11 is 0. The summed E-state index contributed by atoms with van der Waals surface area (Å²) in [6.45, 7) is 6.69. The Morgan fingerprint density at radius 3 is 3.00 bits per heavy atom. The molecule has 0 saturated heterocycles. The van der Waals surface area contributed by atoms with Crippen LogP contribution in [0.25, 0.3) is 0 Å². The van der Waals surface area contributed by atoms with Crippen LogP contribution < -0.4 is 11.1 Å². The maximum absolute atomic E-state index is 5.71. The molecule has 3 N–H and O–H groups in total. The van der Waals surface area contributed by atoms with Crippen molar-refractivity contribution in [3.63, 3.8) is 0 Å². The van der Waals surface area contributed by atoms with E-state index in [1.807, 2.05) is 16.9 Å². The molecular formula is C11H21N5. The van der Waals surface area contributed by atoms with Crippen molar-refractivity contribution < 1.29 is 0 Å². The standard InChI is InChI=1S/C11H21N5/c1-10(2)4-6-13-11(12)14-7-9-16-8-3-5-15-16/h3,5,8,10H,4,6-7,9H2,1-2H3,(H3,12,13,14). The monoisotopic (exact) mass is 223 g/mol. The third kappa shape index (κ3) is 5.38. The summed E-state index contributed by atoms with van der Waals surface area (Å²) in [4.78, 5) is 4.24. The Kier molecular flexibility index (Phi) is 5.39. The second-order valence-electron chi connectivity index (χ2n) is 4.15. The number of hydrogen-bond donors (Lipinski definition) is 2. The molecule has 0 fully saturated rings. The molecule has 90 valence electrons. The lowest BCUT2D eigenvalue weighted by molar-refractivity contribution is 0.589. The van der Waals surface area contributed by atoms with E-state index in [0.717, 1.165) is 26.1 Å². The minimum Gasteiger partial charge on any atom is -0.370 e. The Labute approximate surface area is 96.7 Å². The fourth-order valence-corrected chi connectivity index (χ4v) is 1.23. The molecule has 0 radical (unpaired) electrons. The van der Waals surface area contributed by atoms with Crippen LogP contribution in [0.15, 0.2) is 23.5 Å². The molecule has 0 aromatic carbocycles. The van der Waals surface area contributed by atoms with E-state index >= 15 is 0 Å². The number of hydrogen-bond acceptors (Lipinski definition) is 2. The van der Waals surface area contributed by atoms with Gasteiger partial charge in [0.1, 0.15) is 0 Å². The second kappa shape index (κ2) is 6.87. The minimum absolute atomic E-state index is 0.521. The van der Waals surface area contributed by atoms with Crippen LogP contribution in [0.3, 0.4) is 0 Å². The van der Waals surface area contributed by atoms with Crippen LogP contribution in [0.2, 0.25) is 0 Å². The Morgan fingerprint density at radius 2 is 2.38 bits per heavy atom. The predicted octanol–water partition coefficient (Wildman–Crippen LogP) is 0.834. The molecule has 1 aromatic heterocycles. The van der Waals surface area contributed by atoms with Gasteiger partial charge in [0.05, 0.1) is 6.54 Å². The molecule has 0 spiro atoms. The van der Waals surface area contributed by atoms with Crippen LogP contribution in [0.1, 0.15) is 20.3 Å². The van der Waals surface area contributed by atoms with Gasteiger partial charge in [-0.05, 0) is 18.4 Å². The summed E-state index contributed by atoms with van der Waals surface area (Å²) in [5, 5.41) is 7.16. The van der Waals surface area contributed by atoms with Gasteiger partial charge in [-0.1, -0.05) is 13.8 Å². The molecule has 0 unspecified atom stereocenters. The highest BCUT2D eigenvalue weighted by Crippen LogP contribution is 1.97. The molecule has 0 aliphatic rings. The number of nitrogens with two attached hydrogens (primary N) is 1. The van der Waals surface area contributed by atoms with E-state index in [1.165, 1.54) is 0 Å². The van der Waals surface area contributed by atoms with Crippen LogP contribution in [0.4, 0.5) is 0 Å². The molecule has 0 aliphatic heterocycles. The lowest BCUT2D eigenvalue weighted by Crippen LogP contribution is -2.34. The number of aromatic nitrogens is 2. The van der Waals surface area contributed by atoms with Gasteiger partial charge in [0.15, 0.2) is 5.96 Å². The van der Waals surface area contributed by atoms with Gasteiger partial charge in [-0.2, -0.15) is 5.10 Å². The van der Waals surface area contributed by atoms with E-state index in [2.05, 4.69) is 29.3 Å². The highest BCUT2D eigenvalue weighted by molar-refractivity contribution is 5.77. The summed E-state index contributed by atoms with van der Waals surface area (Å²) < 4.78 is 1.86. The summed E-state index contributed by atoms with van der Waals surface area (Å²) in [7, 11) is 0. The van der Waals surface area contributed by atoms with Gasteiger partial charge in [0, 0.05) is 25.5 Å². The Balaban J connectivity index is 2.12. The first kappa shape index (κ1) is 12.5. The average molecular weight is 223 g/mol. The van der Waals surface area contributed by atoms with Crippen molar-refractivity contribution in [2.75, 3.05) is 13.1 Å². The molecule has 1 rings (SSSR count). The summed E-state index contributed by atoms with van der Waals surface area (Å²) in [6.07, 6.45) is 4.76. The topological polar surface area (TPSA) is 68.2 Å². The molecule has 0 amide bonds. The SMILES string of the molecule is CC(C)CCN=C(N)NCCn1cccn1. The van der Waals surface area contributed by atoms with Crippen molar-refractivity contribution in [3.8, 4) is 0 Å². The molecule has 0 saturated carbocycles. The summed E-state index contributed by atoms with van der Waals surface area (Å²) in [6, 6.07) is 1.90. The zero-order valence-corrected chi connectivity index (χ0v) is 10.1. The highest BCUT2D eigenvalue weighted by Gasteiger charge is 1.94. The summed E-state index contributed by atoms with van der Waals surface area (Å²) in [5.74, 6) is 1.19. The zero-order valence-electron chi connectivity index (χ0n) is 10.1. The second-order valence-corrected chi connectivity index (χ2v) is 4.15. The van der Waals surface area contributed by atoms with Crippen LogP contribution in [0, 0.1) is 5.92 Å². The van der Waals surface area contributed by atoms with Gasteiger partial charge < -0.3 is 11.1 Å². The number of rotatable bonds is 6. The molecular weight excluding hydrogens is 202 g/mol. The largest absolute Gasteiger partial charge is 0.370 e. The maximum Gasteiger partial charge on any atom is 0.188 e. The molecule has 0 aliphatic carbocycles. The van der Waals surface area contributed by atoms with Crippen molar-refractivity contribution in [2.45, 2.75) is 26.8 Å². The van der Waals surface area contributed by atoms with E-state index in [9.17, 15) is 0 Å². The van der Waals surface area contributed by atoms with E-state index in [0.29, 0.717) is 11.9 Å². The molecule has 5 heteroatoms.